The van der Waals surface area contributed by atoms with Crippen LogP contribution in [0.2, 0.25) is 0 Å². The van der Waals surface area contributed by atoms with Gasteiger partial charge in [0.25, 0.3) is 0 Å². The van der Waals surface area contributed by atoms with Crippen molar-refractivity contribution >= 4 is 5.97 Å². The maximum Gasteiger partial charge on any atom is 0.317 e. The number of nitrogens with two attached hydrogens (primary N) is 1. The predicted octanol–water partition coefficient (Wildman–Crippen LogP) is -1.32. The monoisotopic (exact) mass is 226 g/mol. The molecule has 0 spiro atoms. The largest absolute Gasteiger partial charge is 0.322 e. The van der Waals surface area contributed by atoms with E-state index in [9.17, 15) is 14.9 Å². The van der Waals surface area contributed by atoms with Crippen molar-refractivity contribution in [2.75, 3.05) is 6.54 Å². The molecule has 0 fully saturated rings. The van der Waals surface area contributed by atoms with Crippen molar-refractivity contribution in [2.45, 2.75) is 0 Å². The Hall–Kier alpha value is -0.508. The molecule has 0 heterocycles. The summed E-state index contributed by atoms with van der Waals surface area (Å²) in [5.74, 6) is -1.05. The fourth-order valence-electron chi connectivity index (χ4n) is 0.120. The van der Waals surface area contributed by atoms with E-state index in [2.05, 4.69) is 10.6 Å². The van der Waals surface area contributed by atoms with E-state index in [1.165, 1.54) is 0 Å². The Morgan fingerprint density at radius 3 is 2.33 bits per heavy atom. The van der Waals surface area contributed by atoms with Gasteiger partial charge >= 0.3 is 11.1 Å². The number of hydrogen-bond acceptors (Lipinski definition) is 5. The smallest absolute Gasteiger partial charge is 0.317 e. The number of hydrogen-bond donors (Lipinski definition) is 1. The first kappa shape index (κ1) is 11.3. The molecule has 0 aromatic heterocycles. The zero-order valence-corrected chi connectivity index (χ0v) is 5.74. The van der Waals surface area contributed by atoms with Gasteiger partial charge in [-0.2, -0.15) is 0 Å². The first-order valence-electron chi connectivity index (χ1n) is 1.72. The van der Waals surface area contributed by atoms with E-state index in [1.807, 2.05) is 0 Å². The third-order valence-electron chi connectivity index (χ3n) is 0.343. The molecule has 56 valence electrons. The van der Waals surface area contributed by atoms with E-state index < -0.39 is 17.6 Å². The van der Waals surface area contributed by atoms with Gasteiger partial charge in [-0.05, 0) is 0 Å². The molecule has 6 nitrogen and oxygen atoms in total. The van der Waals surface area contributed by atoms with Gasteiger partial charge in [0, 0.05) is 20.4 Å². The molecule has 0 atom stereocenters. The molecule has 0 bridgehead atoms. The van der Waals surface area contributed by atoms with Crippen molar-refractivity contribution in [3.05, 3.63) is 10.1 Å². The second-order valence-electron chi connectivity index (χ2n) is 0.891. The van der Waals surface area contributed by atoms with E-state index in [1.54, 1.807) is 0 Å². The van der Waals surface area contributed by atoms with E-state index >= 15 is 0 Å². The first-order valence-corrected chi connectivity index (χ1v) is 1.72. The fourth-order valence-corrected chi connectivity index (χ4v) is 0.120. The second kappa shape index (κ2) is 5.63. The summed E-state index contributed by atoms with van der Waals surface area (Å²) in [4.78, 5) is 22.5. The molecule has 0 unspecified atom stereocenters. The van der Waals surface area contributed by atoms with Crippen molar-refractivity contribution in [2.24, 2.45) is 5.73 Å². The fraction of sp³-hybridized carbons (Fsp3) is 0.500. The molecule has 0 aromatic rings. The number of carbonyl (C=O) groups excluding carboxylic acids is 1. The standard InChI is InChI=1S/C2H4N2O4.Pd/c3-1-2(5)8-4(6)7;/h1,3H2;. The minimum atomic E-state index is -1.20. The van der Waals surface area contributed by atoms with Gasteiger partial charge in [-0.15, -0.1) is 10.1 Å². The third-order valence-corrected chi connectivity index (χ3v) is 0.343. The van der Waals surface area contributed by atoms with Crippen LogP contribution in [-0.4, -0.2) is 17.6 Å². The van der Waals surface area contributed by atoms with Crippen LogP contribution in [0, 0.1) is 10.1 Å². The SMILES string of the molecule is NCC(=O)O[N+](=O)[O-].[Pd]. The van der Waals surface area contributed by atoms with Gasteiger partial charge in [0.2, 0.25) is 0 Å². The van der Waals surface area contributed by atoms with E-state index in [-0.39, 0.29) is 20.4 Å². The Morgan fingerprint density at radius 2 is 2.22 bits per heavy atom. The maximum absolute atomic E-state index is 9.83. The third kappa shape index (κ3) is 7.49. The molecule has 0 radical (unpaired) electrons. The van der Waals surface area contributed by atoms with Gasteiger partial charge in [-0.1, -0.05) is 0 Å². The van der Waals surface area contributed by atoms with Crippen molar-refractivity contribution in [3.63, 3.8) is 0 Å². The molecule has 0 rings (SSSR count). The second-order valence-corrected chi connectivity index (χ2v) is 0.891. The summed E-state index contributed by atoms with van der Waals surface area (Å²) in [6.45, 7) is -0.471. The zero-order valence-electron chi connectivity index (χ0n) is 4.18. The van der Waals surface area contributed by atoms with Gasteiger partial charge in [-0.3, -0.25) is 4.79 Å². The summed E-state index contributed by atoms with van der Waals surface area (Å²) in [6, 6.07) is 0. The molecule has 0 aliphatic rings. The van der Waals surface area contributed by atoms with E-state index in [0.29, 0.717) is 0 Å². The Morgan fingerprint density at radius 1 is 1.78 bits per heavy atom. The molecule has 0 aromatic carbocycles. The molecule has 0 aliphatic heterocycles. The molecule has 9 heavy (non-hydrogen) atoms. The van der Waals surface area contributed by atoms with Crippen molar-refractivity contribution < 1.29 is 35.1 Å². The summed E-state index contributed by atoms with van der Waals surface area (Å²) < 4.78 is 0. The van der Waals surface area contributed by atoms with E-state index in [0.717, 1.165) is 0 Å². The quantitative estimate of drug-likeness (QED) is 0.358. The molecule has 0 aliphatic carbocycles. The van der Waals surface area contributed by atoms with E-state index in [4.69, 9.17) is 0 Å². The topological polar surface area (TPSA) is 95.5 Å². The first-order chi connectivity index (χ1) is 3.66. The molecular formula is C2H4N2O4Pd. The van der Waals surface area contributed by atoms with Crippen LogP contribution in [-0.2, 0) is 30.1 Å². The van der Waals surface area contributed by atoms with Crippen LogP contribution >= 0.6 is 0 Å². The van der Waals surface area contributed by atoms with Gasteiger partial charge in [0.05, 0.1) is 6.54 Å². The van der Waals surface area contributed by atoms with Crippen molar-refractivity contribution in [3.8, 4) is 0 Å². The van der Waals surface area contributed by atoms with Crippen LogP contribution in [0.3, 0.4) is 0 Å². The number of carbonyl (C=O) groups is 1. The Balaban J connectivity index is 0. The zero-order chi connectivity index (χ0) is 6.57. The Kier molecular flexibility index (Phi) is 7.07. The summed E-state index contributed by atoms with van der Waals surface area (Å²) in [7, 11) is 0. The van der Waals surface area contributed by atoms with Crippen LogP contribution in [0.25, 0.3) is 0 Å². The van der Waals surface area contributed by atoms with Gasteiger partial charge in [-0.25, -0.2) is 4.84 Å². The maximum atomic E-state index is 9.83. The summed E-state index contributed by atoms with van der Waals surface area (Å²) in [6.07, 6.45) is 0. The molecule has 0 saturated carbocycles. The number of nitrogens with zero attached hydrogens (tertiary/aromatic N) is 1. The van der Waals surface area contributed by atoms with Crippen LogP contribution in [0.4, 0.5) is 0 Å². The molecule has 0 amide bonds. The summed E-state index contributed by atoms with van der Waals surface area (Å²) >= 11 is 0. The minimum Gasteiger partial charge on any atom is -0.322 e. The molecular weight excluding hydrogens is 222 g/mol. The minimum absolute atomic E-state index is 0. The molecule has 0 saturated heterocycles. The van der Waals surface area contributed by atoms with Crippen LogP contribution in [0.1, 0.15) is 0 Å². The van der Waals surface area contributed by atoms with Crippen molar-refractivity contribution in [1.29, 1.82) is 0 Å². The van der Waals surface area contributed by atoms with Gasteiger partial charge in [0.1, 0.15) is 0 Å². The summed E-state index contributed by atoms with van der Waals surface area (Å²) in [5, 5.41) is 8.08. The van der Waals surface area contributed by atoms with Gasteiger partial charge < -0.3 is 5.73 Å². The average Bonchev–Trinajstić information content (AvgIpc) is 1.65. The van der Waals surface area contributed by atoms with Crippen LogP contribution < -0.4 is 5.73 Å². The normalized spacial score (nSPS) is 7.22. The summed E-state index contributed by atoms with van der Waals surface area (Å²) in [5.41, 5.74) is 4.64. The van der Waals surface area contributed by atoms with Crippen molar-refractivity contribution in [1.82, 2.24) is 0 Å². The Labute approximate surface area is 64.1 Å². The van der Waals surface area contributed by atoms with Crippen LogP contribution in [0.15, 0.2) is 0 Å². The van der Waals surface area contributed by atoms with Gasteiger partial charge in [0.15, 0.2) is 0 Å². The van der Waals surface area contributed by atoms with Crippen LogP contribution in [0.5, 0.6) is 0 Å². The number of rotatable bonds is 2. The molecule has 7 heteroatoms. The molecule has 2 N–H and O–H groups in total. The predicted molar refractivity (Wildman–Crippen MR) is 22.1 cm³/mol. The Bertz CT molecular complexity index is 115. The average molecular weight is 226 g/mol.